The third-order valence-electron chi connectivity index (χ3n) is 6.20. The van der Waals surface area contributed by atoms with E-state index in [1.54, 1.807) is 23.3 Å². The van der Waals surface area contributed by atoms with Gasteiger partial charge in [-0.15, -0.1) is 5.10 Å². The van der Waals surface area contributed by atoms with E-state index in [0.29, 0.717) is 35.8 Å². The number of hydrogen-bond donors (Lipinski definition) is 2. The van der Waals surface area contributed by atoms with Gasteiger partial charge in [-0.2, -0.15) is 4.98 Å². The number of nitrogens with zero attached hydrogens (tertiary/aromatic N) is 7. The van der Waals surface area contributed by atoms with E-state index in [9.17, 15) is 4.79 Å². The van der Waals surface area contributed by atoms with Crippen LogP contribution in [-0.2, 0) is 18.6 Å². The summed E-state index contributed by atoms with van der Waals surface area (Å²) in [5, 5.41) is 6.93. The summed E-state index contributed by atoms with van der Waals surface area (Å²) in [4.78, 5) is 31.3. The second-order valence-corrected chi connectivity index (χ2v) is 8.33. The van der Waals surface area contributed by atoms with Crippen molar-refractivity contribution in [2.24, 2.45) is 5.73 Å². The molecule has 0 aliphatic rings. The zero-order valence-electron chi connectivity index (χ0n) is 20.8. The van der Waals surface area contributed by atoms with Gasteiger partial charge in [0, 0.05) is 19.3 Å². The molecule has 0 aliphatic heterocycles. The Kier molecular flexibility index (Phi) is 6.36. The number of rotatable bonds is 8. The molecule has 37 heavy (non-hydrogen) atoms. The number of imidazole rings is 1. The number of methoxy groups -OCH3 is 1. The number of aromatic nitrogens is 7. The van der Waals surface area contributed by atoms with Crippen molar-refractivity contribution < 1.29 is 9.53 Å². The van der Waals surface area contributed by atoms with E-state index < -0.39 is 11.4 Å². The molecule has 11 heteroatoms. The average Bonchev–Trinajstić information content (AvgIpc) is 3.56. The first-order chi connectivity index (χ1) is 18.0. The highest BCUT2D eigenvalue weighted by Crippen LogP contribution is 2.35. The van der Waals surface area contributed by atoms with E-state index in [1.165, 1.54) is 7.11 Å². The molecule has 1 aromatic carbocycles. The van der Waals surface area contributed by atoms with Crippen molar-refractivity contribution in [1.82, 2.24) is 34.3 Å². The number of aryl methyl sites for hydroxylation is 2. The maximum Gasteiger partial charge on any atom is 0.263 e. The Labute approximate surface area is 213 Å². The van der Waals surface area contributed by atoms with Crippen molar-refractivity contribution in [3.05, 3.63) is 89.8 Å². The van der Waals surface area contributed by atoms with Crippen LogP contribution in [0, 0.1) is 0 Å². The van der Waals surface area contributed by atoms with Gasteiger partial charge in [0.1, 0.15) is 23.3 Å². The molecule has 0 aliphatic carbocycles. The van der Waals surface area contributed by atoms with Crippen molar-refractivity contribution in [1.29, 1.82) is 0 Å². The lowest BCUT2D eigenvalue weighted by molar-refractivity contribution is 0.102. The van der Waals surface area contributed by atoms with Crippen molar-refractivity contribution in [3.63, 3.8) is 0 Å². The number of pyridine rings is 2. The number of amides is 1. The molecule has 0 spiro atoms. The normalized spacial score (nSPS) is 12.9. The van der Waals surface area contributed by atoms with Crippen LogP contribution in [0.25, 0.3) is 11.2 Å². The number of anilines is 1. The number of nitrogens with one attached hydrogen (secondary N) is 1. The summed E-state index contributed by atoms with van der Waals surface area (Å²) >= 11 is 0. The Morgan fingerprint density at radius 1 is 1.05 bits per heavy atom. The van der Waals surface area contributed by atoms with Crippen LogP contribution in [-0.4, -0.2) is 47.3 Å². The van der Waals surface area contributed by atoms with E-state index in [-0.39, 0.29) is 17.4 Å². The molecule has 3 N–H and O–H groups in total. The first-order valence-electron chi connectivity index (χ1n) is 11.9. The second-order valence-electron chi connectivity index (χ2n) is 8.33. The molecular weight excluding hydrogens is 470 g/mol. The number of fused-ring (bicyclic) bond motifs is 1. The van der Waals surface area contributed by atoms with Gasteiger partial charge in [0.25, 0.3) is 5.91 Å². The SMILES string of the molecule is CCn1cnc(NC(=O)c2cc3c(nc2OC)nc(C(N)(c2ccccc2)c2ccccn2)n3CC)n1. The molecule has 1 unspecified atom stereocenters. The van der Waals surface area contributed by atoms with E-state index in [1.807, 2.05) is 66.9 Å². The molecule has 0 fully saturated rings. The topological polar surface area (TPSA) is 139 Å². The third kappa shape index (κ3) is 4.19. The number of carbonyl (C=O) groups is 1. The van der Waals surface area contributed by atoms with Gasteiger partial charge in [-0.25, -0.2) is 9.97 Å². The van der Waals surface area contributed by atoms with Crippen molar-refractivity contribution in [3.8, 4) is 5.88 Å². The fourth-order valence-electron chi connectivity index (χ4n) is 4.33. The summed E-state index contributed by atoms with van der Waals surface area (Å²) in [6, 6.07) is 17.0. The minimum atomic E-state index is -1.17. The smallest absolute Gasteiger partial charge is 0.263 e. The molecule has 1 atom stereocenters. The Morgan fingerprint density at radius 2 is 1.84 bits per heavy atom. The molecule has 5 rings (SSSR count). The highest BCUT2D eigenvalue weighted by atomic mass is 16.5. The fourth-order valence-corrected chi connectivity index (χ4v) is 4.33. The molecular formula is C26H27N9O2. The molecule has 188 valence electrons. The molecule has 5 aromatic rings. The molecule has 0 saturated heterocycles. The van der Waals surface area contributed by atoms with Crippen LogP contribution in [0.2, 0.25) is 0 Å². The zero-order valence-corrected chi connectivity index (χ0v) is 20.8. The van der Waals surface area contributed by atoms with Crippen LogP contribution < -0.4 is 15.8 Å². The van der Waals surface area contributed by atoms with E-state index in [2.05, 4.69) is 25.4 Å². The maximum atomic E-state index is 13.2. The summed E-state index contributed by atoms with van der Waals surface area (Å²) in [5.41, 5.74) is 8.73. The molecule has 0 radical (unpaired) electrons. The predicted octanol–water partition coefficient (Wildman–Crippen LogP) is 2.97. The van der Waals surface area contributed by atoms with E-state index >= 15 is 0 Å². The molecule has 4 heterocycles. The summed E-state index contributed by atoms with van der Waals surface area (Å²) in [6.07, 6.45) is 3.26. The summed E-state index contributed by atoms with van der Waals surface area (Å²) in [6.45, 7) is 5.08. The van der Waals surface area contributed by atoms with Crippen molar-refractivity contribution in [2.75, 3.05) is 12.4 Å². The lowest BCUT2D eigenvalue weighted by atomic mass is 9.86. The van der Waals surface area contributed by atoms with Crippen LogP contribution in [0.1, 0.15) is 41.3 Å². The minimum absolute atomic E-state index is 0.132. The number of nitrogens with two attached hydrogens (primary N) is 1. The highest BCUT2D eigenvalue weighted by molar-refractivity contribution is 6.06. The third-order valence-corrected chi connectivity index (χ3v) is 6.20. The van der Waals surface area contributed by atoms with Crippen LogP contribution in [0.15, 0.2) is 67.1 Å². The van der Waals surface area contributed by atoms with E-state index in [4.69, 9.17) is 15.5 Å². The summed E-state index contributed by atoms with van der Waals surface area (Å²) in [7, 11) is 1.46. The lowest BCUT2D eigenvalue weighted by Crippen LogP contribution is -2.42. The number of carbonyl (C=O) groups excluding carboxylic acids is 1. The van der Waals surface area contributed by atoms with Gasteiger partial charge in [0.05, 0.1) is 18.3 Å². The van der Waals surface area contributed by atoms with Crippen LogP contribution in [0.3, 0.4) is 0 Å². The monoisotopic (exact) mass is 497 g/mol. The van der Waals surface area contributed by atoms with Gasteiger partial charge < -0.3 is 15.0 Å². The maximum absolute atomic E-state index is 13.2. The molecule has 0 bridgehead atoms. The van der Waals surface area contributed by atoms with Gasteiger partial charge >= 0.3 is 0 Å². The molecule has 0 saturated carbocycles. The molecule has 1 amide bonds. The van der Waals surface area contributed by atoms with Crippen molar-refractivity contribution in [2.45, 2.75) is 32.5 Å². The van der Waals surface area contributed by atoms with Crippen LogP contribution >= 0.6 is 0 Å². The fraction of sp³-hybridized carbons (Fsp3) is 0.231. The number of benzene rings is 1. The Morgan fingerprint density at radius 3 is 2.49 bits per heavy atom. The first-order valence-corrected chi connectivity index (χ1v) is 11.9. The lowest BCUT2D eigenvalue weighted by Gasteiger charge is -2.29. The van der Waals surface area contributed by atoms with Gasteiger partial charge in [0.15, 0.2) is 5.65 Å². The van der Waals surface area contributed by atoms with Crippen LogP contribution in [0.5, 0.6) is 5.88 Å². The van der Waals surface area contributed by atoms with E-state index in [0.717, 1.165) is 5.56 Å². The van der Waals surface area contributed by atoms with Crippen molar-refractivity contribution >= 4 is 23.0 Å². The first kappa shape index (κ1) is 24.1. The van der Waals surface area contributed by atoms with Crippen LogP contribution in [0.4, 0.5) is 5.95 Å². The largest absolute Gasteiger partial charge is 0.480 e. The second kappa shape index (κ2) is 9.78. The van der Waals surface area contributed by atoms with Gasteiger partial charge in [0.2, 0.25) is 11.8 Å². The number of ether oxygens (including phenoxy) is 1. The Bertz CT molecular complexity index is 1510. The Hall–Kier alpha value is -4.64. The standard InChI is InChI=1S/C26H27N9O2/c1-4-34-16-29-25(33-34)32-22(36)18-15-19-21(30-23(18)37-3)31-24(35(19)5-2)26(27,17-11-7-6-8-12-17)20-13-9-10-14-28-20/h6-16H,4-5,27H2,1-3H3,(H,32,33,36). The molecule has 4 aromatic heterocycles. The zero-order chi connectivity index (χ0) is 26.0. The minimum Gasteiger partial charge on any atom is -0.480 e. The van der Waals surface area contributed by atoms with Gasteiger partial charge in [-0.05, 0) is 37.6 Å². The van der Waals surface area contributed by atoms with Gasteiger partial charge in [-0.1, -0.05) is 36.4 Å². The Balaban J connectivity index is 1.68. The van der Waals surface area contributed by atoms with Gasteiger partial charge in [-0.3, -0.25) is 19.8 Å². The molecule has 11 nitrogen and oxygen atoms in total. The summed E-state index contributed by atoms with van der Waals surface area (Å²) < 4.78 is 9.03. The average molecular weight is 498 g/mol. The predicted molar refractivity (Wildman–Crippen MR) is 138 cm³/mol. The quantitative estimate of drug-likeness (QED) is 0.334. The number of hydrogen-bond acceptors (Lipinski definition) is 8. The summed E-state index contributed by atoms with van der Waals surface area (Å²) in [5.74, 6) is 0.425. The highest BCUT2D eigenvalue weighted by Gasteiger charge is 2.39.